The van der Waals surface area contributed by atoms with Crippen LogP contribution in [0, 0.1) is 0 Å². The Hall–Kier alpha value is -6.87. The molecule has 6 rings (SSSR count). The zero-order valence-electron chi connectivity index (χ0n) is 47.4. The van der Waals surface area contributed by atoms with Crippen LogP contribution in [0.15, 0.2) is 131 Å². The van der Waals surface area contributed by atoms with E-state index in [0.29, 0.717) is 5.82 Å². The molecule has 0 aliphatic heterocycles. The van der Waals surface area contributed by atoms with Gasteiger partial charge in [0.2, 0.25) is 0 Å². The van der Waals surface area contributed by atoms with Crippen molar-refractivity contribution < 1.29 is 0 Å². The molecule has 0 N–H and O–H groups in total. The second kappa shape index (κ2) is 28.2. The molecule has 0 aromatic carbocycles. The van der Waals surface area contributed by atoms with Gasteiger partial charge in [-0.3, -0.25) is 15.0 Å². The third-order valence-electron chi connectivity index (χ3n) is 10.3. The van der Waals surface area contributed by atoms with Crippen molar-refractivity contribution in [2.45, 2.75) is 157 Å². The molecule has 9 nitrogen and oxygen atoms in total. The number of nitrogens with zero attached hydrogens (tertiary/aromatic N) is 9. The lowest BCUT2D eigenvalue weighted by Gasteiger charge is -2.20. The predicted octanol–water partition coefficient (Wildman–Crippen LogP) is 16.3. The van der Waals surface area contributed by atoms with Gasteiger partial charge in [0.1, 0.15) is 12.2 Å². The van der Waals surface area contributed by atoms with Gasteiger partial charge in [0.05, 0.1) is 28.5 Å². The van der Waals surface area contributed by atoms with E-state index in [2.05, 4.69) is 221 Å². The van der Waals surface area contributed by atoms with E-state index in [1.54, 1.807) is 61.4 Å². The van der Waals surface area contributed by atoms with Gasteiger partial charge in [-0.2, -0.15) is 0 Å². The molecule has 0 radical (unpaired) electrons. The first-order chi connectivity index (χ1) is 33.2. The fourth-order valence-corrected chi connectivity index (χ4v) is 5.86. The minimum atomic E-state index is 0.0129. The molecule has 0 spiro atoms. The average Bonchev–Trinajstić information content (AvgIpc) is 3.33. The molecular formula is C63H87N9. The number of rotatable bonds is 6. The average molecular weight is 970 g/mol. The summed E-state index contributed by atoms with van der Waals surface area (Å²) >= 11 is 0. The van der Waals surface area contributed by atoms with Crippen molar-refractivity contribution in [3.63, 3.8) is 0 Å². The van der Waals surface area contributed by atoms with Gasteiger partial charge in [-0.15, -0.1) is 0 Å². The third-order valence-corrected chi connectivity index (χ3v) is 10.3. The molecule has 384 valence electrons. The summed E-state index contributed by atoms with van der Waals surface area (Å²) in [5, 5.41) is 0. The summed E-state index contributed by atoms with van der Waals surface area (Å²) in [7, 11) is 0. The van der Waals surface area contributed by atoms with Crippen LogP contribution >= 0.6 is 0 Å². The summed E-state index contributed by atoms with van der Waals surface area (Å²) in [6, 6.07) is 20.0. The van der Waals surface area contributed by atoms with E-state index < -0.39 is 0 Å². The molecule has 0 saturated heterocycles. The molecule has 0 unspecified atom stereocenters. The van der Waals surface area contributed by atoms with Gasteiger partial charge in [-0.1, -0.05) is 176 Å². The second-order valence-electron chi connectivity index (χ2n) is 23.0. The fourth-order valence-electron chi connectivity index (χ4n) is 5.86. The molecular weight excluding hydrogens is 883 g/mol. The quantitative estimate of drug-likeness (QED) is 0.161. The molecule has 0 bridgehead atoms. The smallest absolute Gasteiger partial charge is 0.151 e. The number of hydrogen-bond acceptors (Lipinski definition) is 9. The van der Waals surface area contributed by atoms with Crippen LogP contribution in [0.5, 0.6) is 0 Å². The minimum absolute atomic E-state index is 0.0129. The van der Waals surface area contributed by atoms with E-state index in [0.717, 1.165) is 51.4 Å². The zero-order valence-corrected chi connectivity index (χ0v) is 47.4. The summed E-state index contributed by atoms with van der Waals surface area (Å²) < 4.78 is 0. The predicted molar refractivity (Wildman–Crippen MR) is 312 cm³/mol. The lowest BCUT2D eigenvalue weighted by atomic mass is 9.86. The summed E-state index contributed by atoms with van der Waals surface area (Å²) in [4.78, 5) is 38.0. The van der Waals surface area contributed by atoms with Crippen molar-refractivity contribution in [1.82, 2.24) is 44.9 Å². The van der Waals surface area contributed by atoms with Gasteiger partial charge in [0.15, 0.2) is 5.82 Å². The van der Waals surface area contributed by atoms with Crippen LogP contribution < -0.4 is 0 Å². The molecule has 0 atom stereocenters. The number of aromatic nitrogens is 9. The standard InChI is InChI=1S/3C11H15N.3C10H14N2/c1-5-10-8-9(6-7-12-10)11(2,3)4;1-5-10-9(11(2,3)4)7-6-8-12-10;1-5-9-7-6-8-10(12-9)11(2,3)4;1-5-8-6-9(10(2,3)4)12-7-11-8;1-5-9-11-7-6-8(12-9)10(2,3)4;1-5-8-6-7-11-9(12-8)10(2,3)4/h3*5-8H,1H2,2-4H3;3*5-7H,1H2,2-4H3. The molecule has 0 saturated carbocycles. The SMILES string of the molecule is C=Cc1cc(C(C)(C)C)ccn1.C=Cc1cc(C(C)(C)C)ncn1.C=Cc1cccc(C(C)(C)C)n1.C=Cc1ccnc(C(C)(C)C)n1.C=Cc1nccc(C(C)(C)C)n1.C=Cc1ncccc1C(C)(C)C. The largest absolute Gasteiger partial charge is 0.257 e. The summed E-state index contributed by atoms with van der Waals surface area (Å²) in [5.41, 5.74) is 11.1. The fraction of sp³-hybridized carbons (Fsp3) is 0.381. The highest BCUT2D eigenvalue weighted by atomic mass is 14.9. The van der Waals surface area contributed by atoms with Crippen LogP contribution in [0.4, 0.5) is 0 Å². The monoisotopic (exact) mass is 970 g/mol. The van der Waals surface area contributed by atoms with E-state index >= 15 is 0 Å². The Kier molecular flexibility index (Phi) is 24.8. The Morgan fingerprint density at radius 2 is 0.875 bits per heavy atom. The molecule has 6 aromatic heterocycles. The van der Waals surface area contributed by atoms with E-state index in [-0.39, 0.29) is 32.5 Å². The molecule has 0 aliphatic carbocycles. The molecule has 6 heterocycles. The molecule has 6 aromatic rings. The highest BCUT2D eigenvalue weighted by molar-refractivity contribution is 5.49. The highest BCUT2D eigenvalue weighted by Crippen LogP contribution is 2.26. The summed E-state index contributed by atoms with van der Waals surface area (Å²) in [5.74, 6) is 1.56. The first-order valence-corrected chi connectivity index (χ1v) is 24.4. The Morgan fingerprint density at radius 1 is 0.347 bits per heavy atom. The topological polar surface area (TPSA) is 116 Å². The maximum atomic E-state index is 4.44. The summed E-state index contributed by atoms with van der Waals surface area (Å²) in [6.45, 7) is 60.7. The molecule has 9 heteroatoms. The maximum absolute atomic E-state index is 4.44. The Bertz CT molecular complexity index is 2290. The Labute approximate surface area is 436 Å². The Balaban J connectivity index is 0.000000432. The molecule has 0 fully saturated rings. The normalized spacial score (nSPS) is 11.2. The summed E-state index contributed by atoms with van der Waals surface area (Å²) in [6.07, 6.45) is 19.2. The van der Waals surface area contributed by atoms with Crippen LogP contribution in [0.25, 0.3) is 36.5 Å². The number of pyridine rings is 3. The molecule has 0 amide bonds. The van der Waals surface area contributed by atoms with Gasteiger partial charge in [-0.25, -0.2) is 29.9 Å². The van der Waals surface area contributed by atoms with Gasteiger partial charge in [-0.05, 0) is 107 Å². The van der Waals surface area contributed by atoms with Gasteiger partial charge < -0.3 is 0 Å². The van der Waals surface area contributed by atoms with Gasteiger partial charge in [0, 0.05) is 63.5 Å². The van der Waals surface area contributed by atoms with Crippen LogP contribution in [-0.4, -0.2) is 44.9 Å². The van der Waals surface area contributed by atoms with Crippen LogP contribution in [-0.2, 0) is 32.5 Å². The van der Waals surface area contributed by atoms with E-state index in [1.807, 2.05) is 54.7 Å². The highest BCUT2D eigenvalue weighted by Gasteiger charge is 2.19. The van der Waals surface area contributed by atoms with Gasteiger partial charge >= 0.3 is 0 Å². The number of hydrogen-bond donors (Lipinski definition) is 0. The second-order valence-corrected chi connectivity index (χ2v) is 23.0. The van der Waals surface area contributed by atoms with Crippen LogP contribution in [0.2, 0.25) is 0 Å². The zero-order chi connectivity index (χ0) is 55.1. The minimum Gasteiger partial charge on any atom is -0.257 e. The van der Waals surface area contributed by atoms with Crippen molar-refractivity contribution in [3.8, 4) is 0 Å². The van der Waals surface area contributed by atoms with Crippen molar-refractivity contribution in [1.29, 1.82) is 0 Å². The van der Waals surface area contributed by atoms with E-state index in [4.69, 9.17) is 0 Å². The van der Waals surface area contributed by atoms with Crippen molar-refractivity contribution in [2.75, 3.05) is 0 Å². The van der Waals surface area contributed by atoms with E-state index in [9.17, 15) is 0 Å². The molecule has 72 heavy (non-hydrogen) atoms. The van der Waals surface area contributed by atoms with Gasteiger partial charge in [0.25, 0.3) is 0 Å². The Morgan fingerprint density at radius 3 is 1.36 bits per heavy atom. The molecule has 0 aliphatic rings. The lowest BCUT2D eigenvalue weighted by Crippen LogP contribution is -2.15. The van der Waals surface area contributed by atoms with Crippen molar-refractivity contribution >= 4 is 36.5 Å². The maximum Gasteiger partial charge on any atom is 0.151 e. The van der Waals surface area contributed by atoms with E-state index in [1.165, 1.54) is 11.1 Å². The third kappa shape index (κ3) is 23.4. The van der Waals surface area contributed by atoms with Crippen LogP contribution in [0.3, 0.4) is 0 Å². The lowest BCUT2D eigenvalue weighted by molar-refractivity contribution is 0.544. The van der Waals surface area contributed by atoms with Crippen molar-refractivity contribution in [3.05, 3.63) is 200 Å². The first-order valence-electron chi connectivity index (χ1n) is 24.4. The van der Waals surface area contributed by atoms with Crippen LogP contribution in [0.1, 0.15) is 193 Å². The van der Waals surface area contributed by atoms with Crippen molar-refractivity contribution in [2.24, 2.45) is 0 Å². The first kappa shape index (κ1) is 63.1.